The monoisotopic (exact) mass is 482 g/mol. The van der Waals surface area contributed by atoms with Crippen LogP contribution in [-0.4, -0.2) is 30.4 Å². The van der Waals surface area contributed by atoms with Crippen LogP contribution in [-0.2, 0) is 14.6 Å². The molecular weight excluding hydrogens is 460 g/mol. The second kappa shape index (κ2) is 9.78. The molecule has 0 bridgehead atoms. The van der Waals surface area contributed by atoms with Crippen LogP contribution < -0.4 is 5.32 Å². The molecule has 0 aliphatic heterocycles. The fourth-order valence-corrected chi connectivity index (χ4v) is 7.11. The molecule has 30 heavy (non-hydrogen) atoms. The number of nitrogens with zero attached hydrogens (tertiary/aromatic N) is 1. The molecule has 0 amide bonds. The first-order valence-electron chi connectivity index (χ1n) is 9.51. The zero-order valence-corrected chi connectivity index (χ0v) is 20.0. The molecule has 2 atom stereocenters. The van der Waals surface area contributed by atoms with Crippen LogP contribution in [0.25, 0.3) is 10.2 Å². The molecule has 1 heterocycles. The maximum atomic E-state index is 13.7. The van der Waals surface area contributed by atoms with Gasteiger partial charge < -0.3 is 0 Å². The predicted molar refractivity (Wildman–Crippen MR) is 125 cm³/mol. The Morgan fingerprint density at radius 2 is 1.90 bits per heavy atom. The van der Waals surface area contributed by atoms with E-state index in [1.165, 1.54) is 11.3 Å². The molecule has 9 heteroatoms. The lowest BCUT2D eigenvalue weighted by Gasteiger charge is -2.26. The van der Waals surface area contributed by atoms with Crippen molar-refractivity contribution in [3.63, 3.8) is 0 Å². The predicted octanol–water partition coefficient (Wildman–Crippen LogP) is 5.26. The minimum atomic E-state index is -3.86. The van der Waals surface area contributed by atoms with Crippen LogP contribution >= 0.6 is 34.7 Å². The number of sulfone groups is 1. The average Bonchev–Trinajstić information content (AvgIpc) is 3.10. The molecule has 0 radical (unpaired) electrons. The van der Waals surface area contributed by atoms with Crippen LogP contribution in [0.1, 0.15) is 31.7 Å². The third-order valence-electron chi connectivity index (χ3n) is 4.59. The number of benzene rings is 2. The Balaban J connectivity index is 2.07. The third-order valence-corrected chi connectivity index (χ3v) is 8.81. The summed E-state index contributed by atoms with van der Waals surface area (Å²) in [5.74, 6) is 0.725. The number of aromatic nitrogens is 1. The van der Waals surface area contributed by atoms with Gasteiger partial charge in [0.15, 0.2) is 14.2 Å². The van der Waals surface area contributed by atoms with E-state index >= 15 is 0 Å². The maximum Gasteiger partial charge on any atom is 0.238 e. The lowest BCUT2D eigenvalue weighted by Crippen LogP contribution is -2.43. The number of carbonyl (C=O) groups excluding carboxylic acids is 1. The summed E-state index contributed by atoms with van der Waals surface area (Å²) in [5, 5.41) is 1.28. The van der Waals surface area contributed by atoms with E-state index in [1.807, 2.05) is 26.8 Å². The van der Waals surface area contributed by atoms with E-state index in [0.717, 1.165) is 20.3 Å². The topological polar surface area (TPSA) is 76.1 Å². The highest BCUT2D eigenvalue weighted by atomic mass is 35.5. The molecule has 3 rings (SSSR count). The Morgan fingerprint density at radius 3 is 2.50 bits per heavy atom. The number of hydrogen-bond donors (Lipinski definition) is 1. The van der Waals surface area contributed by atoms with Crippen molar-refractivity contribution in [3.05, 3.63) is 54.1 Å². The van der Waals surface area contributed by atoms with Crippen LogP contribution in [0, 0.1) is 5.92 Å². The zero-order valence-electron chi connectivity index (χ0n) is 16.8. The quantitative estimate of drug-likeness (QED) is 0.331. The number of fused-ring (bicyclic) bond motifs is 1. The van der Waals surface area contributed by atoms with Crippen molar-refractivity contribution in [2.45, 2.75) is 41.4 Å². The molecule has 2 aromatic carbocycles. The van der Waals surface area contributed by atoms with Gasteiger partial charge in [0.2, 0.25) is 5.24 Å². The number of rotatable bonds is 9. The van der Waals surface area contributed by atoms with Crippen LogP contribution in [0.15, 0.2) is 57.8 Å². The van der Waals surface area contributed by atoms with E-state index < -0.39 is 26.5 Å². The Morgan fingerprint density at radius 1 is 1.20 bits per heavy atom. The van der Waals surface area contributed by atoms with Gasteiger partial charge in [0.1, 0.15) is 5.37 Å². The van der Waals surface area contributed by atoms with Gasteiger partial charge in [-0.3, -0.25) is 10.1 Å². The number of thioether (sulfide) groups is 1. The standard InChI is InChI=1S/C21H23ClN2O3S3/c1-4-28-21-23-16-11-10-15(12-17(16)29-21)30(26,27)20(14-8-6-5-7-9-14)24-18(13(2)3)19(22)25/h5-13,18,20,24H,4H2,1-3H3/t18-,20?/m1/s1. The van der Waals surface area contributed by atoms with E-state index in [0.29, 0.717) is 5.56 Å². The van der Waals surface area contributed by atoms with E-state index in [4.69, 9.17) is 11.6 Å². The molecule has 1 unspecified atom stereocenters. The Hall–Kier alpha value is -1.45. The molecule has 0 aliphatic carbocycles. The van der Waals surface area contributed by atoms with Gasteiger partial charge in [0, 0.05) is 0 Å². The summed E-state index contributed by atoms with van der Waals surface area (Å²) in [7, 11) is -3.86. The molecule has 1 aromatic heterocycles. The normalized spacial score (nSPS) is 14.2. The molecule has 5 nitrogen and oxygen atoms in total. The van der Waals surface area contributed by atoms with Crippen molar-refractivity contribution in [2.75, 3.05) is 5.75 Å². The SMILES string of the molecule is CCSc1nc2ccc(S(=O)(=O)C(N[C@@H](C(=O)Cl)C(C)C)c3ccccc3)cc2s1. The van der Waals surface area contributed by atoms with Gasteiger partial charge in [-0.15, -0.1) is 11.3 Å². The third kappa shape index (κ3) is 5.06. The highest BCUT2D eigenvalue weighted by Crippen LogP contribution is 2.34. The van der Waals surface area contributed by atoms with E-state index in [1.54, 1.807) is 54.2 Å². The van der Waals surface area contributed by atoms with Gasteiger partial charge >= 0.3 is 0 Å². The van der Waals surface area contributed by atoms with Gasteiger partial charge in [-0.1, -0.05) is 62.9 Å². The van der Waals surface area contributed by atoms with Crippen LogP contribution in [0.5, 0.6) is 0 Å². The van der Waals surface area contributed by atoms with Crippen molar-refractivity contribution >= 4 is 60.0 Å². The first-order valence-corrected chi connectivity index (χ1v) is 13.2. The first-order chi connectivity index (χ1) is 14.2. The number of thiazole rings is 1. The molecule has 1 N–H and O–H groups in total. The number of hydrogen-bond acceptors (Lipinski definition) is 7. The van der Waals surface area contributed by atoms with Crippen molar-refractivity contribution in [1.82, 2.24) is 10.3 Å². The smallest absolute Gasteiger partial charge is 0.238 e. The second-order valence-electron chi connectivity index (χ2n) is 7.07. The second-order valence-corrected chi connectivity index (χ2v) is 12.0. The maximum absolute atomic E-state index is 13.7. The fourth-order valence-electron chi connectivity index (χ4n) is 3.06. The molecule has 0 spiro atoms. The molecular formula is C21H23ClN2O3S3. The summed E-state index contributed by atoms with van der Waals surface area (Å²) >= 11 is 8.87. The van der Waals surface area contributed by atoms with Crippen molar-refractivity contribution in [2.24, 2.45) is 5.92 Å². The summed E-state index contributed by atoms with van der Waals surface area (Å²) in [6.07, 6.45) is 0. The summed E-state index contributed by atoms with van der Waals surface area (Å²) in [6.45, 7) is 5.69. The Bertz CT molecular complexity index is 1130. The zero-order chi connectivity index (χ0) is 21.9. The highest BCUT2D eigenvalue weighted by Gasteiger charge is 2.34. The van der Waals surface area contributed by atoms with Crippen LogP contribution in [0.2, 0.25) is 0 Å². The van der Waals surface area contributed by atoms with Crippen molar-refractivity contribution < 1.29 is 13.2 Å². The van der Waals surface area contributed by atoms with Crippen LogP contribution in [0.3, 0.4) is 0 Å². The number of halogens is 1. The largest absolute Gasteiger partial charge is 0.286 e. The molecule has 0 saturated heterocycles. The Labute approximate surface area is 190 Å². The van der Waals surface area contributed by atoms with Gasteiger partial charge in [-0.25, -0.2) is 13.4 Å². The summed E-state index contributed by atoms with van der Waals surface area (Å²) in [5.41, 5.74) is 1.32. The molecule has 0 aliphatic rings. The van der Waals surface area contributed by atoms with E-state index in [2.05, 4.69) is 10.3 Å². The summed E-state index contributed by atoms with van der Waals surface area (Å²) < 4.78 is 29.0. The van der Waals surface area contributed by atoms with Gasteiger partial charge in [-0.2, -0.15) is 0 Å². The number of carbonyl (C=O) groups is 1. The lowest BCUT2D eigenvalue weighted by molar-refractivity contribution is -0.114. The lowest BCUT2D eigenvalue weighted by atomic mass is 10.1. The van der Waals surface area contributed by atoms with Crippen molar-refractivity contribution in [1.29, 1.82) is 0 Å². The van der Waals surface area contributed by atoms with E-state index in [9.17, 15) is 13.2 Å². The van der Waals surface area contributed by atoms with Gasteiger partial charge in [-0.05, 0) is 47.0 Å². The first kappa shape index (κ1) is 23.2. The fraction of sp³-hybridized carbons (Fsp3) is 0.333. The molecule has 0 fully saturated rings. The van der Waals surface area contributed by atoms with Gasteiger partial charge in [0.25, 0.3) is 0 Å². The summed E-state index contributed by atoms with van der Waals surface area (Å²) in [6, 6.07) is 13.0. The van der Waals surface area contributed by atoms with Crippen LogP contribution in [0.4, 0.5) is 0 Å². The summed E-state index contributed by atoms with van der Waals surface area (Å²) in [4.78, 5) is 16.7. The minimum Gasteiger partial charge on any atom is -0.286 e. The number of nitrogens with one attached hydrogen (secondary N) is 1. The van der Waals surface area contributed by atoms with Gasteiger partial charge in [0.05, 0.1) is 21.2 Å². The van der Waals surface area contributed by atoms with Crippen molar-refractivity contribution in [3.8, 4) is 0 Å². The molecule has 0 saturated carbocycles. The minimum absolute atomic E-state index is 0.172. The average molecular weight is 483 g/mol. The van der Waals surface area contributed by atoms with E-state index in [-0.39, 0.29) is 10.8 Å². The highest BCUT2D eigenvalue weighted by molar-refractivity contribution is 8.01. The molecule has 160 valence electrons. The molecule has 3 aromatic rings. The Kier molecular flexibility index (Phi) is 7.57.